The molecule has 2 heterocycles. The molecule has 98 valence electrons. The fourth-order valence-electron chi connectivity index (χ4n) is 2.71. The molecule has 1 aromatic carbocycles. The van der Waals surface area contributed by atoms with Crippen molar-refractivity contribution in [3.8, 4) is 11.5 Å². The summed E-state index contributed by atoms with van der Waals surface area (Å²) >= 11 is 0. The highest BCUT2D eigenvalue weighted by atomic mass is 16.6. The van der Waals surface area contributed by atoms with Crippen LogP contribution in [0.15, 0.2) is 18.2 Å². The predicted octanol–water partition coefficient (Wildman–Crippen LogP) is 2.49. The molecule has 2 aliphatic heterocycles. The van der Waals surface area contributed by atoms with E-state index in [4.69, 9.17) is 9.47 Å². The zero-order valence-electron chi connectivity index (χ0n) is 10.9. The van der Waals surface area contributed by atoms with Crippen molar-refractivity contribution >= 4 is 0 Å². The summed E-state index contributed by atoms with van der Waals surface area (Å²) in [7, 11) is 0. The second-order valence-corrected chi connectivity index (χ2v) is 5.13. The molecule has 3 heteroatoms. The van der Waals surface area contributed by atoms with E-state index in [9.17, 15) is 0 Å². The van der Waals surface area contributed by atoms with Gasteiger partial charge in [0.2, 0.25) is 0 Å². The quantitative estimate of drug-likeness (QED) is 0.819. The van der Waals surface area contributed by atoms with Crippen LogP contribution in [0.1, 0.15) is 24.8 Å². The normalized spacial score (nSPS) is 19.8. The van der Waals surface area contributed by atoms with Crippen LogP contribution in [0.2, 0.25) is 0 Å². The van der Waals surface area contributed by atoms with Gasteiger partial charge in [0, 0.05) is 6.54 Å². The Kier molecular flexibility index (Phi) is 3.69. The van der Waals surface area contributed by atoms with E-state index in [1.165, 1.54) is 44.5 Å². The van der Waals surface area contributed by atoms with Crippen molar-refractivity contribution in [2.75, 3.05) is 32.8 Å². The summed E-state index contributed by atoms with van der Waals surface area (Å²) in [6.07, 6.45) is 5.24. The maximum absolute atomic E-state index is 5.62. The SMILES string of the molecule is c1cc2c(cc1CCN1CCCCC1)OCCO2. The second-order valence-electron chi connectivity index (χ2n) is 5.13. The van der Waals surface area contributed by atoms with E-state index in [0.29, 0.717) is 13.2 Å². The first-order valence-corrected chi connectivity index (χ1v) is 7.03. The van der Waals surface area contributed by atoms with Crippen LogP contribution in [-0.4, -0.2) is 37.7 Å². The number of nitrogens with zero attached hydrogens (tertiary/aromatic N) is 1. The van der Waals surface area contributed by atoms with E-state index in [-0.39, 0.29) is 0 Å². The van der Waals surface area contributed by atoms with E-state index in [1.54, 1.807) is 0 Å². The van der Waals surface area contributed by atoms with Crippen LogP contribution in [-0.2, 0) is 6.42 Å². The molecule has 0 aromatic heterocycles. The van der Waals surface area contributed by atoms with Crippen molar-refractivity contribution in [2.45, 2.75) is 25.7 Å². The molecule has 0 amide bonds. The Morgan fingerprint density at radius 2 is 1.72 bits per heavy atom. The second kappa shape index (κ2) is 5.61. The highest BCUT2D eigenvalue weighted by Gasteiger charge is 2.13. The van der Waals surface area contributed by atoms with Gasteiger partial charge >= 0.3 is 0 Å². The van der Waals surface area contributed by atoms with Crippen molar-refractivity contribution < 1.29 is 9.47 Å². The zero-order valence-corrected chi connectivity index (χ0v) is 10.9. The molecule has 2 aliphatic rings. The monoisotopic (exact) mass is 247 g/mol. The molecular formula is C15H21NO2. The lowest BCUT2D eigenvalue weighted by molar-refractivity contribution is 0.171. The molecule has 0 radical (unpaired) electrons. The summed E-state index contributed by atoms with van der Waals surface area (Å²) in [6.45, 7) is 5.04. The lowest BCUT2D eigenvalue weighted by Crippen LogP contribution is -2.31. The summed E-state index contributed by atoms with van der Waals surface area (Å²) < 4.78 is 11.2. The number of hydrogen-bond donors (Lipinski definition) is 0. The van der Waals surface area contributed by atoms with Gasteiger partial charge in [-0.2, -0.15) is 0 Å². The van der Waals surface area contributed by atoms with Gasteiger partial charge in [-0.1, -0.05) is 12.5 Å². The largest absolute Gasteiger partial charge is 0.486 e. The minimum absolute atomic E-state index is 0.667. The molecule has 0 bridgehead atoms. The summed E-state index contributed by atoms with van der Waals surface area (Å²) in [5.41, 5.74) is 1.35. The van der Waals surface area contributed by atoms with E-state index < -0.39 is 0 Å². The fourth-order valence-corrected chi connectivity index (χ4v) is 2.71. The molecule has 0 unspecified atom stereocenters. The zero-order chi connectivity index (χ0) is 12.2. The molecule has 0 N–H and O–H groups in total. The minimum atomic E-state index is 0.667. The molecule has 0 spiro atoms. The highest BCUT2D eigenvalue weighted by molar-refractivity contribution is 5.43. The van der Waals surface area contributed by atoms with Crippen molar-refractivity contribution in [3.63, 3.8) is 0 Å². The molecule has 1 fully saturated rings. The minimum Gasteiger partial charge on any atom is -0.486 e. The third-order valence-electron chi connectivity index (χ3n) is 3.77. The van der Waals surface area contributed by atoms with Crippen molar-refractivity contribution in [3.05, 3.63) is 23.8 Å². The smallest absolute Gasteiger partial charge is 0.161 e. The van der Waals surface area contributed by atoms with Crippen LogP contribution in [0.4, 0.5) is 0 Å². The van der Waals surface area contributed by atoms with Crippen LogP contribution < -0.4 is 9.47 Å². The Morgan fingerprint density at radius 1 is 0.944 bits per heavy atom. The van der Waals surface area contributed by atoms with E-state index in [2.05, 4.69) is 17.0 Å². The van der Waals surface area contributed by atoms with Crippen molar-refractivity contribution in [1.82, 2.24) is 4.90 Å². The third-order valence-corrected chi connectivity index (χ3v) is 3.77. The van der Waals surface area contributed by atoms with Gasteiger partial charge in [0.1, 0.15) is 13.2 Å². The summed E-state index contributed by atoms with van der Waals surface area (Å²) in [5.74, 6) is 1.81. The Morgan fingerprint density at radius 3 is 2.56 bits per heavy atom. The van der Waals surface area contributed by atoms with Gasteiger partial charge in [0.15, 0.2) is 11.5 Å². The molecule has 0 atom stereocenters. The topological polar surface area (TPSA) is 21.7 Å². The van der Waals surface area contributed by atoms with Gasteiger partial charge in [-0.3, -0.25) is 0 Å². The molecule has 0 aliphatic carbocycles. The molecular weight excluding hydrogens is 226 g/mol. The number of fused-ring (bicyclic) bond motifs is 1. The Balaban J connectivity index is 1.58. The Labute approximate surface area is 109 Å². The number of likely N-dealkylation sites (tertiary alicyclic amines) is 1. The first kappa shape index (κ1) is 11.8. The Hall–Kier alpha value is -1.22. The van der Waals surface area contributed by atoms with Gasteiger partial charge < -0.3 is 14.4 Å². The lowest BCUT2D eigenvalue weighted by atomic mass is 10.1. The van der Waals surface area contributed by atoms with Crippen LogP contribution in [0.3, 0.4) is 0 Å². The van der Waals surface area contributed by atoms with E-state index in [1.807, 2.05) is 6.07 Å². The number of benzene rings is 1. The first-order chi connectivity index (χ1) is 8.92. The summed E-state index contributed by atoms with van der Waals surface area (Å²) in [5, 5.41) is 0. The molecule has 3 rings (SSSR count). The van der Waals surface area contributed by atoms with Gasteiger partial charge in [-0.25, -0.2) is 0 Å². The van der Waals surface area contributed by atoms with Gasteiger partial charge in [-0.05, 0) is 50.0 Å². The highest BCUT2D eigenvalue weighted by Crippen LogP contribution is 2.30. The fraction of sp³-hybridized carbons (Fsp3) is 0.600. The number of ether oxygens (including phenoxy) is 2. The van der Waals surface area contributed by atoms with E-state index >= 15 is 0 Å². The standard InChI is InChI=1S/C15H21NO2/c1-2-7-16(8-3-1)9-6-13-4-5-14-15(12-13)18-11-10-17-14/h4-5,12H,1-3,6-11H2. The van der Waals surface area contributed by atoms with Crippen LogP contribution in [0, 0.1) is 0 Å². The van der Waals surface area contributed by atoms with Crippen LogP contribution in [0.25, 0.3) is 0 Å². The maximum Gasteiger partial charge on any atom is 0.161 e. The van der Waals surface area contributed by atoms with E-state index in [0.717, 1.165) is 17.9 Å². The van der Waals surface area contributed by atoms with Gasteiger partial charge in [-0.15, -0.1) is 0 Å². The van der Waals surface area contributed by atoms with Crippen LogP contribution in [0.5, 0.6) is 11.5 Å². The summed E-state index contributed by atoms with van der Waals surface area (Å²) in [6, 6.07) is 6.34. The predicted molar refractivity (Wildman–Crippen MR) is 71.4 cm³/mol. The molecule has 3 nitrogen and oxygen atoms in total. The summed E-state index contributed by atoms with van der Waals surface area (Å²) in [4.78, 5) is 2.57. The van der Waals surface area contributed by atoms with Gasteiger partial charge in [0.05, 0.1) is 0 Å². The molecule has 1 saturated heterocycles. The van der Waals surface area contributed by atoms with Crippen molar-refractivity contribution in [1.29, 1.82) is 0 Å². The molecule has 1 aromatic rings. The van der Waals surface area contributed by atoms with Gasteiger partial charge in [0.25, 0.3) is 0 Å². The average molecular weight is 247 g/mol. The number of hydrogen-bond acceptors (Lipinski definition) is 3. The number of rotatable bonds is 3. The Bertz CT molecular complexity index is 399. The lowest BCUT2D eigenvalue weighted by Gasteiger charge is -2.26. The molecule has 18 heavy (non-hydrogen) atoms. The molecule has 0 saturated carbocycles. The maximum atomic E-state index is 5.62. The van der Waals surface area contributed by atoms with Crippen molar-refractivity contribution in [2.24, 2.45) is 0 Å². The third kappa shape index (κ3) is 2.78. The van der Waals surface area contributed by atoms with Crippen LogP contribution >= 0.6 is 0 Å². The first-order valence-electron chi connectivity index (χ1n) is 7.03. The number of piperidine rings is 1. The average Bonchev–Trinajstić information content (AvgIpc) is 2.46.